The molecule has 3 rings (SSSR count). The highest BCUT2D eigenvalue weighted by Gasteiger charge is 2.40. The third-order valence-electron chi connectivity index (χ3n) is 4.42. The topological polar surface area (TPSA) is 122 Å². The van der Waals surface area contributed by atoms with Crippen molar-refractivity contribution < 1.29 is 9.53 Å². The molecule has 6 heteroatoms. The molecule has 1 N–H and O–H groups in total. The van der Waals surface area contributed by atoms with E-state index >= 15 is 0 Å². The van der Waals surface area contributed by atoms with E-state index in [4.69, 9.17) is 20.7 Å². The number of nitrogens with one attached hydrogen (secondary N) is 1. The Kier molecular flexibility index (Phi) is 5.30. The predicted molar refractivity (Wildman–Crippen MR) is 101 cm³/mol. The number of nitrogens with zero attached hydrogens (tertiary/aromatic N) is 3. The zero-order valence-corrected chi connectivity index (χ0v) is 14.8. The lowest BCUT2D eigenvalue weighted by Gasteiger charge is -2.06. The van der Waals surface area contributed by atoms with Crippen LogP contribution in [0.15, 0.2) is 54.3 Å². The maximum atomic E-state index is 12.9. The average Bonchev–Trinajstić information content (AvgIpc) is 2.99. The summed E-state index contributed by atoms with van der Waals surface area (Å²) in [5.41, 5.74) is 2.74. The van der Waals surface area contributed by atoms with E-state index in [0.29, 0.717) is 11.1 Å². The second-order valence-corrected chi connectivity index (χ2v) is 6.19. The number of nitriles is 3. The Morgan fingerprint density at radius 3 is 1.96 bits per heavy atom. The van der Waals surface area contributed by atoms with Gasteiger partial charge < -0.3 is 4.74 Å². The summed E-state index contributed by atoms with van der Waals surface area (Å²) >= 11 is 0. The third-order valence-corrected chi connectivity index (χ3v) is 4.42. The predicted octanol–water partition coefficient (Wildman–Crippen LogP) is 3.41. The Hall–Kier alpha value is -4.21. The van der Waals surface area contributed by atoms with E-state index in [0.717, 1.165) is 11.1 Å². The van der Waals surface area contributed by atoms with Crippen LogP contribution in [0.1, 0.15) is 28.2 Å². The van der Waals surface area contributed by atoms with Gasteiger partial charge in [0.25, 0.3) is 0 Å². The van der Waals surface area contributed by atoms with Crippen LogP contribution >= 0.6 is 0 Å². The molecule has 0 amide bonds. The second kappa shape index (κ2) is 7.99. The van der Waals surface area contributed by atoms with Crippen molar-refractivity contribution in [3.05, 3.63) is 76.5 Å². The smallest absolute Gasteiger partial charge is 0.216 e. The summed E-state index contributed by atoms with van der Waals surface area (Å²) < 4.78 is 5.39. The first kappa shape index (κ1) is 18.6. The molecular weight excluding hydrogens is 352 g/mol. The average molecular weight is 366 g/mol. The molecule has 0 bridgehead atoms. The lowest BCUT2D eigenvalue weighted by atomic mass is 9.92. The molecule has 1 atom stereocenters. The molecule has 0 saturated carbocycles. The van der Waals surface area contributed by atoms with E-state index in [-0.39, 0.29) is 30.1 Å². The van der Waals surface area contributed by atoms with Gasteiger partial charge in [0.2, 0.25) is 11.7 Å². The van der Waals surface area contributed by atoms with Gasteiger partial charge in [-0.2, -0.15) is 15.8 Å². The van der Waals surface area contributed by atoms with Crippen LogP contribution in [0.4, 0.5) is 0 Å². The van der Waals surface area contributed by atoms with Gasteiger partial charge in [-0.15, -0.1) is 0 Å². The van der Waals surface area contributed by atoms with E-state index in [1.165, 1.54) is 0 Å². The number of rotatable bonds is 4. The lowest BCUT2D eigenvalue weighted by molar-refractivity contribution is -0.115. The van der Waals surface area contributed by atoms with Gasteiger partial charge >= 0.3 is 0 Å². The van der Waals surface area contributed by atoms with Crippen LogP contribution in [0.3, 0.4) is 0 Å². The number of carbonyl (C=O) groups is 1. The molecule has 134 valence electrons. The molecule has 1 aliphatic heterocycles. The number of carbonyl (C=O) groups excluding carboxylic acids is 1. The van der Waals surface area contributed by atoms with Gasteiger partial charge in [0.05, 0.1) is 25.0 Å². The number of Topliss-reactive ketones (excluding diaryl/α,β-unsaturated/α-hetero) is 1. The third kappa shape index (κ3) is 3.51. The van der Waals surface area contributed by atoms with Gasteiger partial charge in [0.1, 0.15) is 17.6 Å². The van der Waals surface area contributed by atoms with Gasteiger partial charge in [0, 0.05) is 0 Å². The Labute approximate surface area is 162 Å². The minimum Gasteiger partial charge on any atom is -0.437 e. The number of ether oxygens (including phenoxy) is 1. The summed E-state index contributed by atoms with van der Waals surface area (Å²) in [6, 6.07) is 19.7. The number of benzene rings is 2. The summed E-state index contributed by atoms with van der Waals surface area (Å²) in [7, 11) is 0. The van der Waals surface area contributed by atoms with Crippen LogP contribution in [-0.2, 0) is 22.4 Å². The first-order chi connectivity index (χ1) is 13.6. The largest absolute Gasteiger partial charge is 0.437 e. The van der Waals surface area contributed by atoms with E-state index in [9.17, 15) is 10.1 Å². The fourth-order valence-electron chi connectivity index (χ4n) is 2.99. The molecule has 1 fully saturated rings. The van der Waals surface area contributed by atoms with Crippen molar-refractivity contribution in [3.63, 3.8) is 0 Å². The summed E-state index contributed by atoms with van der Waals surface area (Å²) in [6.45, 7) is 0. The highest BCUT2D eigenvalue weighted by atomic mass is 16.5. The van der Waals surface area contributed by atoms with E-state index in [2.05, 4.69) is 6.07 Å². The van der Waals surface area contributed by atoms with Crippen molar-refractivity contribution >= 4 is 17.3 Å². The minimum absolute atomic E-state index is 0.0573. The Bertz CT molecular complexity index is 1090. The maximum absolute atomic E-state index is 12.9. The van der Waals surface area contributed by atoms with Crippen molar-refractivity contribution in [3.8, 4) is 18.2 Å². The quantitative estimate of drug-likeness (QED) is 0.656. The fraction of sp³-hybridized carbons (Fsp3) is 0.136. The molecular formula is C22H14N4O2. The molecule has 28 heavy (non-hydrogen) atoms. The summed E-state index contributed by atoms with van der Waals surface area (Å²) in [4.78, 5) is 12.9. The molecule has 0 radical (unpaired) electrons. The van der Waals surface area contributed by atoms with Gasteiger partial charge in [-0.3, -0.25) is 10.2 Å². The van der Waals surface area contributed by atoms with Gasteiger partial charge in [-0.1, -0.05) is 48.5 Å². The molecule has 0 spiro atoms. The molecule has 0 aromatic heterocycles. The van der Waals surface area contributed by atoms with Gasteiger partial charge in [0.15, 0.2) is 5.76 Å². The van der Waals surface area contributed by atoms with Gasteiger partial charge in [-0.05, 0) is 22.3 Å². The summed E-state index contributed by atoms with van der Waals surface area (Å²) in [6.07, 6.45) is 0.515. The zero-order valence-electron chi connectivity index (χ0n) is 14.8. The SMILES string of the molecule is N#CCc1ccc(/C(C#N)=C2/OC(=N)[C@H](c3ccc(CC#N)cc3)C2=O)cc1. The highest BCUT2D eigenvalue weighted by molar-refractivity contribution is 6.21. The molecule has 0 unspecified atom stereocenters. The van der Waals surface area contributed by atoms with Crippen LogP contribution in [0.25, 0.3) is 5.57 Å². The Morgan fingerprint density at radius 2 is 1.46 bits per heavy atom. The minimum atomic E-state index is -0.910. The molecule has 0 aliphatic carbocycles. The van der Waals surface area contributed by atoms with Crippen molar-refractivity contribution in [2.45, 2.75) is 18.8 Å². The van der Waals surface area contributed by atoms with Crippen molar-refractivity contribution in [1.29, 1.82) is 21.2 Å². The Balaban J connectivity index is 1.95. The first-order valence-corrected chi connectivity index (χ1v) is 8.46. The monoisotopic (exact) mass is 366 g/mol. The van der Waals surface area contributed by atoms with Gasteiger partial charge in [-0.25, -0.2) is 0 Å². The van der Waals surface area contributed by atoms with Crippen LogP contribution in [0, 0.1) is 39.4 Å². The molecule has 2 aromatic carbocycles. The highest BCUT2D eigenvalue weighted by Crippen LogP contribution is 2.34. The van der Waals surface area contributed by atoms with E-state index in [1.807, 2.05) is 12.1 Å². The summed E-state index contributed by atoms with van der Waals surface area (Å²) in [5.74, 6) is -1.74. The summed E-state index contributed by atoms with van der Waals surface area (Å²) in [5, 5.41) is 35.2. The van der Waals surface area contributed by atoms with Crippen molar-refractivity contribution in [2.75, 3.05) is 0 Å². The zero-order chi connectivity index (χ0) is 20.1. The van der Waals surface area contributed by atoms with Crippen molar-refractivity contribution in [1.82, 2.24) is 0 Å². The number of allylic oxidation sites excluding steroid dienone is 2. The molecule has 1 heterocycles. The van der Waals surface area contributed by atoms with Crippen LogP contribution in [-0.4, -0.2) is 11.7 Å². The standard InChI is InChI=1S/C22H14N4O2/c23-11-9-14-1-5-16(6-2-14)18(13-25)21-20(27)19(22(26)28-21)17-7-3-15(4-8-17)10-12-24/h1-8,19,26H,9-10H2/b21-18+,26-22?/t19-/m1/s1. The van der Waals surface area contributed by atoms with Crippen molar-refractivity contribution in [2.24, 2.45) is 0 Å². The van der Waals surface area contributed by atoms with E-state index in [1.54, 1.807) is 48.5 Å². The molecule has 2 aromatic rings. The van der Waals surface area contributed by atoms with E-state index < -0.39 is 11.7 Å². The number of hydrogen-bond acceptors (Lipinski definition) is 6. The molecule has 1 aliphatic rings. The molecule has 6 nitrogen and oxygen atoms in total. The Morgan fingerprint density at radius 1 is 0.929 bits per heavy atom. The first-order valence-electron chi connectivity index (χ1n) is 8.46. The van der Waals surface area contributed by atoms with Crippen LogP contribution in [0.5, 0.6) is 0 Å². The van der Waals surface area contributed by atoms with Crippen LogP contribution < -0.4 is 0 Å². The molecule has 1 saturated heterocycles. The number of ketones is 1. The lowest BCUT2D eigenvalue weighted by Crippen LogP contribution is -2.12. The fourth-order valence-corrected chi connectivity index (χ4v) is 2.99. The normalized spacial score (nSPS) is 17.2. The maximum Gasteiger partial charge on any atom is 0.216 e. The number of hydrogen-bond donors (Lipinski definition) is 1. The van der Waals surface area contributed by atoms with Crippen LogP contribution in [0.2, 0.25) is 0 Å². The second-order valence-electron chi connectivity index (χ2n) is 6.19.